The van der Waals surface area contributed by atoms with Crippen LogP contribution in [0.2, 0.25) is 0 Å². The third-order valence-corrected chi connectivity index (χ3v) is 4.19. The fraction of sp³-hybridized carbons (Fsp3) is 0.294. The van der Waals surface area contributed by atoms with E-state index in [2.05, 4.69) is 24.8 Å². The molecule has 0 saturated carbocycles. The molecule has 6 nitrogen and oxygen atoms in total. The highest BCUT2D eigenvalue weighted by Crippen LogP contribution is 2.26. The van der Waals surface area contributed by atoms with E-state index in [0.717, 1.165) is 29.5 Å². The van der Waals surface area contributed by atoms with Gasteiger partial charge in [-0.15, -0.1) is 0 Å². The number of nitrogens with zero attached hydrogens (tertiary/aromatic N) is 3. The summed E-state index contributed by atoms with van der Waals surface area (Å²) in [6.07, 6.45) is 5.31. The number of hydrogen-bond donors (Lipinski definition) is 2. The van der Waals surface area contributed by atoms with Crippen molar-refractivity contribution in [2.45, 2.75) is 12.6 Å². The van der Waals surface area contributed by atoms with Crippen molar-refractivity contribution in [1.82, 2.24) is 24.8 Å². The minimum absolute atomic E-state index is 0.0196. The van der Waals surface area contributed by atoms with Gasteiger partial charge in [-0.1, -0.05) is 12.1 Å². The highest BCUT2D eigenvalue weighted by Gasteiger charge is 2.27. The number of imidazole rings is 2. The van der Waals surface area contributed by atoms with Crippen LogP contribution >= 0.6 is 0 Å². The van der Waals surface area contributed by atoms with Crippen molar-refractivity contribution >= 4 is 0 Å². The molecule has 3 heterocycles. The summed E-state index contributed by atoms with van der Waals surface area (Å²) in [4.78, 5) is 17.5. The van der Waals surface area contributed by atoms with E-state index in [0.29, 0.717) is 19.8 Å². The lowest BCUT2D eigenvalue weighted by molar-refractivity contribution is -0.0166. The monoisotopic (exact) mass is 327 g/mol. The zero-order valence-electron chi connectivity index (χ0n) is 13.1. The van der Waals surface area contributed by atoms with Crippen LogP contribution in [0.15, 0.2) is 42.9 Å². The van der Waals surface area contributed by atoms with Gasteiger partial charge in [0.25, 0.3) is 0 Å². The molecular formula is C17H18FN5O. The molecule has 1 atom stereocenters. The second kappa shape index (κ2) is 6.54. The second-order valence-corrected chi connectivity index (χ2v) is 5.79. The molecule has 1 saturated heterocycles. The Bertz CT molecular complexity index is 801. The summed E-state index contributed by atoms with van der Waals surface area (Å²) in [7, 11) is 0. The summed E-state index contributed by atoms with van der Waals surface area (Å²) < 4.78 is 19.0. The average molecular weight is 327 g/mol. The summed E-state index contributed by atoms with van der Waals surface area (Å²) in [6, 6.07) is 6.50. The van der Waals surface area contributed by atoms with Crippen LogP contribution in [-0.4, -0.2) is 44.6 Å². The van der Waals surface area contributed by atoms with Crippen LogP contribution < -0.4 is 0 Å². The van der Waals surface area contributed by atoms with E-state index in [1.807, 2.05) is 12.3 Å². The number of halogens is 1. The molecule has 2 aromatic heterocycles. The number of H-pyrrole nitrogens is 2. The standard InChI is InChI=1S/C17H18FN5O/c18-13-3-1-2-12(8-13)14-9-21-17(22-14)15-11-24-7-6-23(15)10-16-19-4-5-20-16/h1-5,8-9,15H,6-7,10-11H2,(H,19,20)(H,21,22). The van der Waals surface area contributed by atoms with Gasteiger partial charge in [-0.2, -0.15) is 0 Å². The minimum Gasteiger partial charge on any atom is -0.378 e. The topological polar surface area (TPSA) is 69.8 Å². The van der Waals surface area contributed by atoms with Gasteiger partial charge in [0.1, 0.15) is 17.5 Å². The SMILES string of the molecule is Fc1cccc(-c2cnc(C3COCCN3Cc3ncc[nH]3)[nH]2)c1. The van der Waals surface area contributed by atoms with E-state index in [4.69, 9.17) is 4.74 Å². The summed E-state index contributed by atoms with van der Waals surface area (Å²) in [5, 5.41) is 0. The van der Waals surface area contributed by atoms with Crippen LogP contribution in [-0.2, 0) is 11.3 Å². The quantitative estimate of drug-likeness (QED) is 0.772. The van der Waals surface area contributed by atoms with Gasteiger partial charge in [0.15, 0.2) is 0 Å². The fourth-order valence-corrected chi connectivity index (χ4v) is 2.96. The molecule has 1 aliphatic rings. The molecule has 1 aliphatic heterocycles. The number of morpholine rings is 1. The smallest absolute Gasteiger partial charge is 0.126 e. The van der Waals surface area contributed by atoms with Crippen molar-refractivity contribution in [2.75, 3.05) is 19.8 Å². The molecule has 0 spiro atoms. The summed E-state index contributed by atoms with van der Waals surface area (Å²) >= 11 is 0. The van der Waals surface area contributed by atoms with Crippen LogP contribution in [0.3, 0.4) is 0 Å². The Labute approximate surface area is 138 Å². The first-order valence-corrected chi connectivity index (χ1v) is 7.90. The van der Waals surface area contributed by atoms with Crippen LogP contribution in [0.1, 0.15) is 17.7 Å². The maximum Gasteiger partial charge on any atom is 0.126 e. The Hall–Kier alpha value is -2.51. The Morgan fingerprint density at radius 3 is 3.12 bits per heavy atom. The third-order valence-electron chi connectivity index (χ3n) is 4.19. The summed E-state index contributed by atoms with van der Waals surface area (Å²) in [5.41, 5.74) is 1.58. The Morgan fingerprint density at radius 1 is 1.33 bits per heavy atom. The molecule has 2 N–H and O–H groups in total. The zero-order chi connectivity index (χ0) is 16.4. The van der Waals surface area contributed by atoms with Crippen molar-refractivity contribution in [3.8, 4) is 11.3 Å². The average Bonchev–Trinajstić information content (AvgIpc) is 3.27. The number of aromatic nitrogens is 4. The number of hydrogen-bond acceptors (Lipinski definition) is 4. The number of rotatable bonds is 4. The Morgan fingerprint density at radius 2 is 2.29 bits per heavy atom. The molecule has 3 aromatic rings. The number of ether oxygens (including phenoxy) is 1. The molecule has 4 rings (SSSR count). The van der Waals surface area contributed by atoms with E-state index in [1.165, 1.54) is 12.1 Å². The van der Waals surface area contributed by atoms with Crippen LogP contribution in [0.5, 0.6) is 0 Å². The Balaban J connectivity index is 1.57. The van der Waals surface area contributed by atoms with Crippen molar-refractivity contribution in [1.29, 1.82) is 0 Å². The first-order valence-electron chi connectivity index (χ1n) is 7.90. The van der Waals surface area contributed by atoms with Gasteiger partial charge >= 0.3 is 0 Å². The minimum atomic E-state index is -0.260. The molecular weight excluding hydrogens is 309 g/mol. The van der Waals surface area contributed by atoms with Crippen molar-refractivity contribution in [3.63, 3.8) is 0 Å². The van der Waals surface area contributed by atoms with Crippen molar-refractivity contribution in [3.05, 3.63) is 60.3 Å². The fourth-order valence-electron chi connectivity index (χ4n) is 2.96. The van der Waals surface area contributed by atoms with Gasteiger partial charge in [-0.05, 0) is 12.1 Å². The van der Waals surface area contributed by atoms with Crippen LogP contribution in [0, 0.1) is 5.82 Å². The molecule has 24 heavy (non-hydrogen) atoms. The number of aromatic amines is 2. The molecule has 124 valence electrons. The number of benzene rings is 1. The number of nitrogens with one attached hydrogen (secondary N) is 2. The third kappa shape index (κ3) is 3.08. The molecule has 7 heteroatoms. The highest BCUT2D eigenvalue weighted by molar-refractivity contribution is 5.58. The molecule has 0 amide bonds. The first-order chi connectivity index (χ1) is 11.8. The lowest BCUT2D eigenvalue weighted by Crippen LogP contribution is -2.39. The second-order valence-electron chi connectivity index (χ2n) is 5.79. The lowest BCUT2D eigenvalue weighted by Gasteiger charge is -2.33. The van der Waals surface area contributed by atoms with E-state index >= 15 is 0 Å². The van der Waals surface area contributed by atoms with Crippen LogP contribution in [0.4, 0.5) is 4.39 Å². The maximum atomic E-state index is 13.4. The predicted molar refractivity (Wildman–Crippen MR) is 86.5 cm³/mol. The molecule has 0 radical (unpaired) electrons. The van der Waals surface area contributed by atoms with Gasteiger partial charge in [0.05, 0.1) is 37.7 Å². The molecule has 0 aliphatic carbocycles. The summed E-state index contributed by atoms with van der Waals surface area (Å²) in [5.74, 6) is 1.48. The zero-order valence-corrected chi connectivity index (χ0v) is 13.1. The van der Waals surface area contributed by atoms with Crippen LogP contribution in [0.25, 0.3) is 11.3 Å². The predicted octanol–water partition coefficient (Wildman–Crippen LogP) is 2.51. The summed E-state index contributed by atoms with van der Waals surface area (Å²) in [6.45, 7) is 2.77. The molecule has 1 aromatic carbocycles. The van der Waals surface area contributed by atoms with E-state index in [-0.39, 0.29) is 11.9 Å². The van der Waals surface area contributed by atoms with E-state index in [9.17, 15) is 4.39 Å². The highest BCUT2D eigenvalue weighted by atomic mass is 19.1. The molecule has 1 fully saturated rings. The van der Waals surface area contributed by atoms with Gasteiger partial charge in [0, 0.05) is 24.5 Å². The van der Waals surface area contributed by atoms with Crippen molar-refractivity contribution < 1.29 is 9.13 Å². The van der Waals surface area contributed by atoms with Gasteiger partial charge < -0.3 is 14.7 Å². The molecule has 0 bridgehead atoms. The maximum absolute atomic E-state index is 13.4. The van der Waals surface area contributed by atoms with Gasteiger partial charge in [-0.3, -0.25) is 4.90 Å². The van der Waals surface area contributed by atoms with Gasteiger partial charge in [-0.25, -0.2) is 14.4 Å². The van der Waals surface area contributed by atoms with Gasteiger partial charge in [0.2, 0.25) is 0 Å². The van der Waals surface area contributed by atoms with Crippen molar-refractivity contribution in [2.24, 2.45) is 0 Å². The Kier molecular flexibility index (Phi) is 4.10. The lowest BCUT2D eigenvalue weighted by atomic mass is 10.1. The first kappa shape index (κ1) is 15.0. The molecule has 1 unspecified atom stereocenters. The largest absolute Gasteiger partial charge is 0.378 e. The van der Waals surface area contributed by atoms with E-state index < -0.39 is 0 Å². The van der Waals surface area contributed by atoms with E-state index in [1.54, 1.807) is 18.5 Å². The normalized spacial score (nSPS) is 18.8.